The molecule has 0 bridgehead atoms. The summed E-state index contributed by atoms with van der Waals surface area (Å²) in [5.74, 6) is -1.02. The first kappa shape index (κ1) is 17.5. The second-order valence-corrected chi connectivity index (χ2v) is 8.67. The van der Waals surface area contributed by atoms with Gasteiger partial charge in [0.1, 0.15) is 17.8 Å². The van der Waals surface area contributed by atoms with Crippen LogP contribution < -0.4 is 0 Å². The van der Waals surface area contributed by atoms with E-state index < -0.39 is 23.8 Å². The number of carbonyl (C=O) groups is 2. The van der Waals surface area contributed by atoms with E-state index in [2.05, 4.69) is 0 Å². The molecule has 0 spiro atoms. The van der Waals surface area contributed by atoms with E-state index in [-0.39, 0.29) is 24.3 Å². The molecule has 6 heteroatoms. The molecule has 4 aliphatic rings. The Hall–Kier alpha value is -2.38. The standard InChI is InChI=1S/C23H20O6/c1-22(2)28-20-21(29-22)27-19-13-8-9-14-16(15(13)10-26-23(19,20)3)18(25)12-7-5-4-6-11(12)17(14)24/h4-9,19-21H,10H2,1-3H3/t19-,20+,21-,23+/m1/s1. The summed E-state index contributed by atoms with van der Waals surface area (Å²) in [4.78, 5) is 26.3. The Kier molecular flexibility index (Phi) is 3.25. The van der Waals surface area contributed by atoms with Gasteiger partial charge in [-0.15, -0.1) is 0 Å². The summed E-state index contributed by atoms with van der Waals surface area (Å²) < 4.78 is 24.4. The minimum Gasteiger partial charge on any atom is -0.365 e. The molecule has 2 fully saturated rings. The van der Waals surface area contributed by atoms with E-state index in [0.717, 1.165) is 11.1 Å². The fourth-order valence-electron chi connectivity index (χ4n) is 5.08. The summed E-state index contributed by atoms with van der Waals surface area (Å²) >= 11 is 0. The van der Waals surface area contributed by atoms with E-state index in [0.29, 0.717) is 22.3 Å². The molecule has 0 N–H and O–H groups in total. The van der Waals surface area contributed by atoms with Crippen LogP contribution in [-0.4, -0.2) is 35.3 Å². The topological polar surface area (TPSA) is 71.1 Å². The van der Waals surface area contributed by atoms with Gasteiger partial charge in [0, 0.05) is 22.3 Å². The van der Waals surface area contributed by atoms with Crippen molar-refractivity contribution in [1.82, 2.24) is 0 Å². The highest BCUT2D eigenvalue weighted by Gasteiger charge is 2.64. The first-order valence-electron chi connectivity index (χ1n) is 9.79. The summed E-state index contributed by atoms with van der Waals surface area (Å²) in [5, 5.41) is 0. The van der Waals surface area contributed by atoms with Crippen molar-refractivity contribution >= 4 is 11.6 Å². The summed E-state index contributed by atoms with van der Waals surface area (Å²) in [6, 6.07) is 10.6. The van der Waals surface area contributed by atoms with Crippen LogP contribution >= 0.6 is 0 Å². The number of ether oxygens (including phenoxy) is 4. The lowest BCUT2D eigenvalue weighted by Crippen LogP contribution is -2.47. The summed E-state index contributed by atoms with van der Waals surface area (Å²) in [7, 11) is 0. The van der Waals surface area contributed by atoms with Crippen molar-refractivity contribution in [3.8, 4) is 0 Å². The Labute approximate surface area is 167 Å². The Bertz CT molecular complexity index is 1100. The van der Waals surface area contributed by atoms with Crippen LogP contribution in [0.2, 0.25) is 0 Å². The van der Waals surface area contributed by atoms with Crippen LogP contribution in [0.3, 0.4) is 0 Å². The average molecular weight is 392 g/mol. The number of fused-ring (bicyclic) bond motifs is 8. The third-order valence-electron chi connectivity index (χ3n) is 6.46. The van der Waals surface area contributed by atoms with Gasteiger partial charge in [-0.3, -0.25) is 9.59 Å². The lowest BCUT2D eigenvalue weighted by atomic mass is 9.77. The summed E-state index contributed by atoms with van der Waals surface area (Å²) in [6.45, 7) is 5.87. The lowest BCUT2D eigenvalue weighted by Gasteiger charge is -2.40. The minimum atomic E-state index is -0.741. The molecule has 0 radical (unpaired) electrons. The van der Waals surface area contributed by atoms with Gasteiger partial charge in [-0.05, 0) is 38.0 Å². The Morgan fingerprint density at radius 3 is 2.38 bits per heavy atom. The van der Waals surface area contributed by atoms with Crippen LogP contribution in [0.25, 0.3) is 0 Å². The Balaban J connectivity index is 1.48. The molecule has 0 saturated carbocycles. The maximum absolute atomic E-state index is 13.3. The van der Waals surface area contributed by atoms with Gasteiger partial charge in [-0.1, -0.05) is 30.3 Å². The maximum Gasteiger partial charge on any atom is 0.194 e. The molecule has 0 unspecified atom stereocenters. The average Bonchev–Trinajstić information content (AvgIpc) is 3.15. The smallest absolute Gasteiger partial charge is 0.194 e. The molecular formula is C23H20O6. The second kappa shape index (κ2) is 5.40. The van der Waals surface area contributed by atoms with Crippen LogP contribution in [-0.2, 0) is 25.6 Å². The molecule has 6 rings (SSSR count). The molecule has 3 aliphatic heterocycles. The number of hydrogen-bond acceptors (Lipinski definition) is 6. The number of rotatable bonds is 0. The molecule has 3 heterocycles. The van der Waals surface area contributed by atoms with E-state index in [1.165, 1.54) is 0 Å². The van der Waals surface area contributed by atoms with Crippen LogP contribution in [0.1, 0.15) is 69.8 Å². The zero-order chi connectivity index (χ0) is 20.1. The van der Waals surface area contributed by atoms with Crippen molar-refractivity contribution < 1.29 is 28.5 Å². The van der Waals surface area contributed by atoms with Crippen molar-refractivity contribution in [3.63, 3.8) is 0 Å². The first-order chi connectivity index (χ1) is 13.8. The lowest BCUT2D eigenvalue weighted by molar-refractivity contribution is -0.241. The SMILES string of the molecule is CC1(C)O[C@H]2O[C@@H]3c4ccc5c(c4CO[C@]3(C)[C@H]2O1)C(=O)c1ccccc1C5=O. The largest absolute Gasteiger partial charge is 0.365 e. The molecule has 29 heavy (non-hydrogen) atoms. The van der Waals surface area contributed by atoms with Crippen LogP contribution in [0.4, 0.5) is 0 Å². The van der Waals surface area contributed by atoms with Gasteiger partial charge in [0.25, 0.3) is 0 Å². The summed E-state index contributed by atoms with van der Waals surface area (Å²) in [5.41, 5.74) is 2.57. The van der Waals surface area contributed by atoms with Crippen LogP contribution in [0.5, 0.6) is 0 Å². The highest BCUT2D eigenvalue weighted by atomic mass is 16.8. The predicted molar refractivity (Wildman–Crippen MR) is 101 cm³/mol. The quantitative estimate of drug-likeness (QED) is 0.585. The Morgan fingerprint density at radius 1 is 0.897 bits per heavy atom. The molecule has 6 nitrogen and oxygen atoms in total. The first-order valence-corrected chi connectivity index (χ1v) is 9.79. The normalized spacial score (nSPS) is 33.6. The van der Waals surface area contributed by atoms with Crippen molar-refractivity contribution in [2.24, 2.45) is 0 Å². The number of benzene rings is 2. The fraction of sp³-hybridized carbons (Fsp3) is 0.391. The molecule has 4 atom stereocenters. The number of ketones is 2. The van der Waals surface area contributed by atoms with Crippen LogP contribution in [0, 0.1) is 0 Å². The molecule has 0 amide bonds. The summed E-state index contributed by atoms with van der Waals surface area (Å²) in [6.07, 6.45) is -1.35. The van der Waals surface area contributed by atoms with E-state index in [9.17, 15) is 9.59 Å². The van der Waals surface area contributed by atoms with Crippen molar-refractivity contribution in [2.75, 3.05) is 0 Å². The van der Waals surface area contributed by atoms with Gasteiger partial charge >= 0.3 is 0 Å². The zero-order valence-corrected chi connectivity index (χ0v) is 16.4. The monoisotopic (exact) mass is 392 g/mol. The minimum absolute atomic E-state index is 0.135. The van der Waals surface area contributed by atoms with E-state index >= 15 is 0 Å². The van der Waals surface area contributed by atoms with E-state index in [1.807, 2.05) is 26.8 Å². The van der Waals surface area contributed by atoms with Gasteiger partial charge in [0.05, 0.1) is 6.61 Å². The molecule has 0 aromatic heterocycles. The Morgan fingerprint density at radius 2 is 1.62 bits per heavy atom. The molecular weight excluding hydrogens is 372 g/mol. The molecule has 148 valence electrons. The zero-order valence-electron chi connectivity index (χ0n) is 16.4. The molecule has 1 aliphatic carbocycles. The third-order valence-corrected chi connectivity index (χ3v) is 6.46. The molecule has 2 aromatic carbocycles. The van der Waals surface area contributed by atoms with Gasteiger partial charge in [0.2, 0.25) is 0 Å². The highest BCUT2D eigenvalue weighted by molar-refractivity contribution is 6.29. The fourth-order valence-corrected chi connectivity index (χ4v) is 5.08. The van der Waals surface area contributed by atoms with Crippen LogP contribution in [0.15, 0.2) is 36.4 Å². The third kappa shape index (κ3) is 2.15. The maximum atomic E-state index is 13.3. The van der Waals surface area contributed by atoms with Gasteiger partial charge in [0.15, 0.2) is 23.6 Å². The van der Waals surface area contributed by atoms with Crippen molar-refractivity contribution in [3.05, 3.63) is 69.8 Å². The van der Waals surface area contributed by atoms with E-state index in [1.54, 1.807) is 30.3 Å². The van der Waals surface area contributed by atoms with E-state index in [4.69, 9.17) is 18.9 Å². The predicted octanol–water partition coefficient (Wildman–Crippen LogP) is 3.30. The molecule has 2 saturated heterocycles. The highest BCUT2D eigenvalue weighted by Crippen LogP contribution is 2.54. The van der Waals surface area contributed by atoms with Gasteiger partial charge in [-0.25, -0.2) is 0 Å². The van der Waals surface area contributed by atoms with Gasteiger partial charge < -0.3 is 18.9 Å². The van der Waals surface area contributed by atoms with Gasteiger partial charge in [-0.2, -0.15) is 0 Å². The second-order valence-electron chi connectivity index (χ2n) is 8.67. The van der Waals surface area contributed by atoms with Crippen molar-refractivity contribution in [2.45, 2.75) is 57.3 Å². The number of carbonyl (C=O) groups excluding carboxylic acids is 2. The van der Waals surface area contributed by atoms with Crippen molar-refractivity contribution in [1.29, 1.82) is 0 Å². The number of hydrogen-bond donors (Lipinski definition) is 0. The molecule has 2 aromatic rings.